The Morgan fingerprint density at radius 1 is 1.05 bits per heavy atom. The standard InChI is InChI=1S/C16H17NO2/c1-2-16(17-18)14-8-10-15(11-9-14)19-12-13-6-4-3-5-7-13/h3-11,18H,2,12H2,1H3. The van der Waals surface area contributed by atoms with E-state index in [1.54, 1.807) is 0 Å². The predicted molar refractivity (Wildman–Crippen MR) is 75.8 cm³/mol. The molecule has 98 valence electrons. The smallest absolute Gasteiger partial charge is 0.119 e. The van der Waals surface area contributed by atoms with E-state index < -0.39 is 0 Å². The minimum Gasteiger partial charge on any atom is -0.489 e. The van der Waals surface area contributed by atoms with Crippen LogP contribution in [-0.4, -0.2) is 10.9 Å². The van der Waals surface area contributed by atoms with Crippen LogP contribution >= 0.6 is 0 Å². The number of ether oxygens (including phenoxy) is 1. The molecule has 2 aromatic rings. The van der Waals surface area contributed by atoms with Gasteiger partial charge >= 0.3 is 0 Å². The molecule has 0 spiro atoms. The van der Waals surface area contributed by atoms with Crippen molar-refractivity contribution < 1.29 is 9.94 Å². The number of rotatable bonds is 5. The van der Waals surface area contributed by atoms with Crippen LogP contribution in [0.3, 0.4) is 0 Å². The number of oxime groups is 1. The van der Waals surface area contributed by atoms with Crippen molar-refractivity contribution in [2.75, 3.05) is 0 Å². The molecule has 2 rings (SSSR count). The van der Waals surface area contributed by atoms with Gasteiger partial charge in [0.05, 0.1) is 5.71 Å². The van der Waals surface area contributed by atoms with E-state index in [0.717, 1.165) is 16.9 Å². The lowest BCUT2D eigenvalue weighted by Crippen LogP contribution is -1.99. The highest BCUT2D eigenvalue weighted by molar-refractivity contribution is 6.00. The lowest BCUT2D eigenvalue weighted by atomic mass is 10.1. The van der Waals surface area contributed by atoms with Crippen molar-refractivity contribution in [3.05, 3.63) is 65.7 Å². The highest BCUT2D eigenvalue weighted by atomic mass is 16.5. The molecule has 0 aromatic heterocycles. The van der Waals surface area contributed by atoms with Gasteiger partial charge in [-0.3, -0.25) is 0 Å². The van der Waals surface area contributed by atoms with Crippen LogP contribution in [0.4, 0.5) is 0 Å². The predicted octanol–water partition coefficient (Wildman–Crippen LogP) is 3.85. The molecule has 0 fully saturated rings. The van der Waals surface area contributed by atoms with Crippen LogP contribution in [0.5, 0.6) is 5.75 Å². The van der Waals surface area contributed by atoms with E-state index in [0.29, 0.717) is 18.7 Å². The molecule has 0 radical (unpaired) electrons. The number of benzene rings is 2. The molecule has 0 unspecified atom stereocenters. The summed E-state index contributed by atoms with van der Waals surface area (Å²) in [6.45, 7) is 2.50. The summed E-state index contributed by atoms with van der Waals surface area (Å²) < 4.78 is 5.69. The van der Waals surface area contributed by atoms with E-state index in [-0.39, 0.29) is 0 Å². The van der Waals surface area contributed by atoms with Gasteiger partial charge in [-0.15, -0.1) is 0 Å². The largest absolute Gasteiger partial charge is 0.489 e. The van der Waals surface area contributed by atoms with Gasteiger partial charge in [-0.2, -0.15) is 0 Å². The third-order valence-corrected chi connectivity index (χ3v) is 2.89. The fraction of sp³-hybridized carbons (Fsp3) is 0.188. The van der Waals surface area contributed by atoms with Crippen molar-refractivity contribution in [2.45, 2.75) is 20.0 Å². The number of nitrogens with zero attached hydrogens (tertiary/aromatic N) is 1. The van der Waals surface area contributed by atoms with Crippen LogP contribution in [0.25, 0.3) is 0 Å². The van der Waals surface area contributed by atoms with E-state index in [1.807, 2.05) is 61.5 Å². The monoisotopic (exact) mass is 255 g/mol. The molecule has 0 aliphatic heterocycles. The van der Waals surface area contributed by atoms with E-state index in [2.05, 4.69) is 5.16 Å². The Kier molecular flexibility index (Phi) is 4.56. The van der Waals surface area contributed by atoms with Gasteiger partial charge in [-0.05, 0) is 41.8 Å². The molecule has 19 heavy (non-hydrogen) atoms. The molecule has 0 heterocycles. The molecule has 2 aromatic carbocycles. The molecule has 0 saturated carbocycles. The lowest BCUT2D eigenvalue weighted by Gasteiger charge is -2.07. The van der Waals surface area contributed by atoms with Crippen molar-refractivity contribution in [3.63, 3.8) is 0 Å². The van der Waals surface area contributed by atoms with Gasteiger partial charge in [0.15, 0.2) is 0 Å². The molecule has 3 nitrogen and oxygen atoms in total. The maximum atomic E-state index is 8.86. The first-order chi connectivity index (χ1) is 9.33. The first kappa shape index (κ1) is 13.1. The SMILES string of the molecule is CCC(=NO)c1ccc(OCc2ccccc2)cc1. The van der Waals surface area contributed by atoms with E-state index in [1.165, 1.54) is 0 Å². The second kappa shape index (κ2) is 6.59. The van der Waals surface area contributed by atoms with Crippen LogP contribution in [-0.2, 0) is 6.61 Å². The van der Waals surface area contributed by atoms with Crippen LogP contribution in [0.15, 0.2) is 59.8 Å². The summed E-state index contributed by atoms with van der Waals surface area (Å²) in [5, 5.41) is 12.1. The molecule has 0 atom stereocenters. The fourth-order valence-electron chi connectivity index (χ4n) is 1.82. The summed E-state index contributed by atoms with van der Waals surface area (Å²) in [7, 11) is 0. The van der Waals surface area contributed by atoms with Crippen molar-refractivity contribution in [1.29, 1.82) is 0 Å². The molecule has 0 aliphatic rings. The maximum Gasteiger partial charge on any atom is 0.119 e. The Labute approximate surface area is 113 Å². The maximum absolute atomic E-state index is 8.86. The first-order valence-corrected chi connectivity index (χ1v) is 6.31. The number of hydrogen-bond donors (Lipinski definition) is 1. The molecule has 0 amide bonds. The Hall–Kier alpha value is -2.29. The second-order valence-corrected chi connectivity index (χ2v) is 4.20. The average molecular weight is 255 g/mol. The highest BCUT2D eigenvalue weighted by Gasteiger charge is 2.02. The fourth-order valence-corrected chi connectivity index (χ4v) is 1.82. The average Bonchev–Trinajstić information content (AvgIpc) is 2.49. The van der Waals surface area contributed by atoms with Gasteiger partial charge in [-0.1, -0.05) is 42.4 Å². The van der Waals surface area contributed by atoms with Gasteiger partial charge in [-0.25, -0.2) is 0 Å². The van der Waals surface area contributed by atoms with Gasteiger partial charge in [0.25, 0.3) is 0 Å². The van der Waals surface area contributed by atoms with Gasteiger partial charge in [0.1, 0.15) is 12.4 Å². The third-order valence-electron chi connectivity index (χ3n) is 2.89. The van der Waals surface area contributed by atoms with E-state index in [9.17, 15) is 0 Å². The normalized spacial score (nSPS) is 11.3. The second-order valence-electron chi connectivity index (χ2n) is 4.20. The molecule has 1 N–H and O–H groups in total. The van der Waals surface area contributed by atoms with Crippen molar-refractivity contribution >= 4 is 5.71 Å². The molecular formula is C16H17NO2. The highest BCUT2D eigenvalue weighted by Crippen LogP contribution is 2.15. The number of hydrogen-bond acceptors (Lipinski definition) is 3. The van der Waals surface area contributed by atoms with Gasteiger partial charge in [0, 0.05) is 0 Å². The Morgan fingerprint density at radius 2 is 1.74 bits per heavy atom. The zero-order valence-corrected chi connectivity index (χ0v) is 10.9. The molecular weight excluding hydrogens is 238 g/mol. The summed E-state index contributed by atoms with van der Waals surface area (Å²) >= 11 is 0. The Bertz CT molecular complexity index is 532. The third kappa shape index (κ3) is 3.58. The zero-order chi connectivity index (χ0) is 13.5. The minimum atomic E-state index is 0.551. The van der Waals surface area contributed by atoms with E-state index in [4.69, 9.17) is 9.94 Å². The minimum absolute atomic E-state index is 0.551. The van der Waals surface area contributed by atoms with Crippen molar-refractivity contribution in [1.82, 2.24) is 0 Å². The van der Waals surface area contributed by atoms with Crippen molar-refractivity contribution in [3.8, 4) is 5.75 Å². The topological polar surface area (TPSA) is 41.8 Å². The quantitative estimate of drug-likeness (QED) is 0.501. The Morgan fingerprint density at radius 3 is 2.32 bits per heavy atom. The molecule has 3 heteroatoms. The summed E-state index contributed by atoms with van der Waals surface area (Å²) in [5.41, 5.74) is 2.73. The molecule has 0 bridgehead atoms. The van der Waals surface area contributed by atoms with Crippen LogP contribution < -0.4 is 4.74 Å². The molecule has 0 aliphatic carbocycles. The van der Waals surface area contributed by atoms with Crippen LogP contribution in [0.2, 0.25) is 0 Å². The lowest BCUT2D eigenvalue weighted by molar-refractivity contribution is 0.306. The molecule has 0 saturated heterocycles. The van der Waals surface area contributed by atoms with Gasteiger partial charge in [0.2, 0.25) is 0 Å². The van der Waals surface area contributed by atoms with Gasteiger partial charge < -0.3 is 9.94 Å². The summed E-state index contributed by atoms with van der Waals surface area (Å²) in [6, 6.07) is 17.6. The van der Waals surface area contributed by atoms with Crippen molar-refractivity contribution in [2.24, 2.45) is 5.16 Å². The summed E-state index contributed by atoms with van der Waals surface area (Å²) in [6.07, 6.45) is 0.695. The van der Waals surface area contributed by atoms with Crippen LogP contribution in [0, 0.1) is 0 Å². The van der Waals surface area contributed by atoms with Crippen LogP contribution in [0.1, 0.15) is 24.5 Å². The first-order valence-electron chi connectivity index (χ1n) is 6.31. The van der Waals surface area contributed by atoms with E-state index >= 15 is 0 Å². The summed E-state index contributed by atoms with van der Waals surface area (Å²) in [4.78, 5) is 0. The Balaban J connectivity index is 1.99. The summed E-state index contributed by atoms with van der Waals surface area (Å²) in [5.74, 6) is 0.806. The zero-order valence-electron chi connectivity index (χ0n) is 10.9.